The van der Waals surface area contributed by atoms with Gasteiger partial charge in [-0.2, -0.15) is 0 Å². The van der Waals surface area contributed by atoms with Gasteiger partial charge in [0.2, 0.25) is 0 Å². The summed E-state index contributed by atoms with van der Waals surface area (Å²) < 4.78 is 25.1. The molecule has 0 aromatic heterocycles. The standard InChI is InChI=1S/C45H67N3O11S/c1-14-35-45(9,55)38(50)26(5)37(49)23(2)21-43(7,54)40(24(3)36(25(4)41(52)58-35)32-22-44(8,56-13)39(51)27(6)57-32)59-42(53)48-30-17-15-28(46-10)19-33(30)60-34-20-29(47(11)12)16-18-31(34)48/h15-20,23-27,32,35-36,38-40,46,50-51,54-55H,14,21-22H2,1-13H3/t23-,24+,25-,26+,27+,32-,35-,36?,38-,39+,40-,43-,44-,45-/m1/s1. The highest BCUT2D eigenvalue weighted by Gasteiger charge is 2.55. The monoisotopic (exact) mass is 857 g/mol. The van der Waals surface area contributed by atoms with Crippen LogP contribution in [0, 0.1) is 29.6 Å². The molecule has 0 radical (unpaired) electrons. The first-order chi connectivity index (χ1) is 27.9. The molecular formula is C45H67N3O11S. The second kappa shape index (κ2) is 18.1. The summed E-state index contributed by atoms with van der Waals surface area (Å²) in [7, 11) is 7.18. The molecule has 2 aromatic carbocycles. The Morgan fingerprint density at radius 3 is 2.15 bits per heavy atom. The Morgan fingerprint density at radius 1 is 0.950 bits per heavy atom. The van der Waals surface area contributed by atoms with E-state index in [9.17, 15) is 30.0 Å². The number of fused-ring (bicyclic) bond motifs is 2. The van der Waals surface area contributed by atoms with Crippen LogP contribution in [-0.2, 0) is 28.5 Å². The molecule has 14 atom stereocenters. The lowest BCUT2D eigenvalue weighted by atomic mass is 9.68. The second-order valence-electron chi connectivity index (χ2n) is 18.1. The van der Waals surface area contributed by atoms with Crippen LogP contribution in [0.5, 0.6) is 0 Å². The third kappa shape index (κ3) is 9.04. The topological polar surface area (TPSA) is 188 Å². The average Bonchev–Trinajstić information content (AvgIpc) is 3.20. The predicted molar refractivity (Wildman–Crippen MR) is 231 cm³/mol. The van der Waals surface area contributed by atoms with Crippen LogP contribution < -0.4 is 15.1 Å². The molecule has 334 valence electrons. The molecule has 2 aromatic rings. The third-order valence-corrected chi connectivity index (χ3v) is 14.5. The number of rotatable bonds is 6. The van der Waals surface area contributed by atoms with Gasteiger partial charge in [0, 0.05) is 79.5 Å². The molecule has 0 aliphatic carbocycles. The van der Waals surface area contributed by atoms with E-state index in [0.29, 0.717) is 11.4 Å². The van der Waals surface area contributed by atoms with Crippen molar-refractivity contribution in [2.24, 2.45) is 29.6 Å². The number of cyclic esters (lactones) is 1. The van der Waals surface area contributed by atoms with Crippen molar-refractivity contribution in [2.45, 2.75) is 145 Å². The first-order valence-corrected chi connectivity index (χ1v) is 21.8. The summed E-state index contributed by atoms with van der Waals surface area (Å²) in [5.41, 5.74) is -2.14. The van der Waals surface area contributed by atoms with E-state index in [2.05, 4.69) is 5.32 Å². The largest absolute Gasteiger partial charge is 0.459 e. The van der Waals surface area contributed by atoms with Crippen molar-refractivity contribution < 1.29 is 53.8 Å². The number of methoxy groups -OCH3 is 1. The van der Waals surface area contributed by atoms with Gasteiger partial charge in [0.1, 0.15) is 29.7 Å². The molecule has 2 fully saturated rings. The summed E-state index contributed by atoms with van der Waals surface area (Å²) in [6.07, 6.45) is -7.51. The number of hydrogen-bond donors (Lipinski definition) is 5. The van der Waals surface area contributed by atoms with E-state index >= 15 is 4.79 Å². The van der Waals surface area contributed by atoms with Crippen molar-refractivity contribution in [3.8, 4) is 0 Å². The van der Waals surface area contributed by atoms with E-state index in [4.69, 9.17) is 18.9 Å². The number of aliphatic hydroxyl groups is 4. The third-order valence-electron chi connectivity index (χ3n) is 13.4. The first-order valence-electron chi connectivity index (χ1n) is 21.0. The van der Waals surface area contributed by atoms with Crippen LogP contribution in [0.3, 0.4) is 0 Å². The number of hydrogen-bond acceptors (Lipinski definition) is 14. The molecule has 5 rings (SSSR count). The van der Waals surface area contributed by atoms with Gasteiger partial charge < -0.3 is 49.6 Å². The van der Waals surface area contributed by atoms with Crippen LogP contribution in [-0.4, -0.2) is 120 Å². The van der Waals surface area contributed by atoms with Gasteiger partial charge in [0.05, 0.1) is 46.8 Å². The highest BCUT2D eigenvalue weighted by molar-refractivity contribution is 7.99. The number of carbonyl (C=O) groups is 3. The van der Waals surface area contributed by atoms with Gasteiger partial charge in [-0.25, -0.2) is 9.69 Å². The first kappa shape index (κ1) is 47.6. The van der Waals surface area contributed by atoms with Crippen molar-refractivity contribution in [2.75, 3.05) is 43.4 Å². The van der Waals surface area contributed by atoms with Gasteiger partial charge in [0.25, 0.3) is 0 Å². The molecule has 0 saturated carbocycles. The molecule has 5 N–H and O–H groups in total. The molecule has 3 aliphatic heterocycles. The Morgan fingerprint density at radius 2 is 1.57 bits per heavy atom. The minimum atomic E-state index is -2.01. The van der Waals surface area contributed by atoms with E-state index in [0.717, 1.165) is 21.2 Å². The van der Waals surface area contributed by atoms with E-state index in [1.807, 2.05) is 62.4 Å². The van der Waals surface area contributed by atoms with Crippen LogP contribution >= 0.6 is 11.8 Å². The smallest absolute Gasteiger partial charge is 0.419 e. The number of nitrogens with zero attached hydrogens (tertiary/aromatic N) is 2. The van der Waals surface area contributed by atoms with Gasteiger partial charge in [-0.1, -0.05) is 46.4 Å². The van der Waals surface area contributed by atoms with Crippen molar-refractivity contribution in [1.29, 1.82) is 0 Å². The number of benzene rings is 2. The van der Waals surface area contributed by atoms with Crippen molar-refractivity contribution in [1.82, 2.24) is 0 Å². The number of aliphatic hydroxyl groups excluding tert-OH is 2. The molecule has 60 heavy (non-hydrogen) atoms. The number of anilines is 4. The number of esters is 1. The van der Waals surface area contributed by atoms with Gasteiger partial charge in [0.15, 0.2) is 0 Å². The van der Waals surface area contributed by atoms with Crippen molar-refractivity contribution >= 4 is 52.4 Å². The van der Waals surface area contributed by atoms with Crippen LogP contribution in [0.1, 0.15) is 81.6 Å². The number of ether oxygens (including phenoxy) is 4. The lowest BCUT2D eigenvalue weighted by Crippen LogP contribution is -2.61. The zero-order valence-electron chi connectivity index (χ0n) is 37.4. The lowest BCUT2D eigenvalue weighted by Gasteiger charge is -2.50. The Bertz CT molecular complexity index is 1890. The van der Waals surface area contributed by atoms with Crippen molar-refractivity contribution in [3.63, 3.8) is 0 Å². The molecule has 0 spiro atoms. The highest BCUT2D eigenvalue weighted by atomic mass is 32.2. The maximum Gasteiger partial charge on any atom is 0.419 e. The quantitative estimate of drug-likeness (QED) is 0.208. The Labute approximate surface area is 359 Å². The maximum atomic E-state index is 15.1. The zero-order chi connectivity index (χ0) is 44.8. The second-order valence-corrected chi connectivity index (χ2v) is 19.2. The van der Waals surface area contributed by atoms with Gasteiger partial charge in [-0.3, -0.25) is 9.59 Å². The average molecular weight is 858 g/mol. The summed E-state index contributed by atoms with van der Waals surface area (Å²) in [4.78, 5) is 48.7. The van der Waals surface area contributed by atoms with Crippen LogP contribution in [0.15, 0.2) is 46.2 Å². The van der Waals surface area contributed by atoms with Gasteiger partial charge in [-0.15, -0.1) is 0 Å². The fourth-order valence-corrected chi connectivity index (χ4v) is 10.8. The van der Waals surface area contributed by atoms with E-state index < -0.39 is 101 Å². The molecule has 1 unspecified atom stereocenters. The number of nitrogens with one attached hydrogen (secondary N) is 1. The molecule has 2 saturated heterocycles. The fraction of sp³-hybridized carbons (Fsp3) is 0.667. The summed E-state index contributed by atoms with van der Waals surface area (Å²) in [5.74, 6) is -5.90. The highest BCUT2D eigenvalue weighted by Crippen LogP contribution is 2.51. The van der Waals surface area contributed by atoms with Crippen LogP contribution in [0.4, 0.5) is 27.5 Å². The number of carbonyl (C=O) groups excluding carboxylic acids is 3. The summed E-state index contributed by atoms with van der Waals surface area (Å²) in [6, 6.07) is 11.4. The van der Waals surface area contributed by atoms with Crippen LogP contribution in [0.25, 0.3) is 0 Å². The predicted octanol–water partition coefficient (Wildman–Crippen LogP) is 6.16. The maximum absolute atomic E-state index is 15.1. The zero-order valence-corrected chi connectivity index (χ0v) is 38.2. The van der Waals surface area contributed by atoms with Gasteiger partial charge >= 0.3 is 12.1 Å². The molecule has 1 amide bonds. The SMILES string of the molecule is CC[C@H]1OC(=O)[C@H](C)C([C@H]2C[C@@](C)(OC)[C@@H](O)[C@H](C)O2)[C@H](C)[C@@H](OC(=O)N2c3ccc(NC)cc3Sc3cc(N(C)C)ccc32)[C@](C)(O)C[C@@H](C)C(=O)[C@H](C)[C@@H](O)[C@]1(C)O. The Hall–Kier alpha value is -3.44. The molecule has 14 nitrogen and oxygen atoms in total. The minimum absolute atomic E-state index is 0.122. The molecular weight excluding hydrogens is 791 g/mol. The molecule has 0 bridgehead atoms. The normalized spacial score (nSPS) is 37.9. The van der Waals surface area contributed by atoms with Crippen LogP contribution in [0.2, 0.25) is 0 Å². The van der Waals surface area contributed by atoms with Gasteiger partial charge in [-0.05, 0) is 76.9 Å². The molecule has 3 aliphatic rings. The summed E-state index contributed by atoms with van der Waals surface area (Å²) >= 11 is 1.51. The summed E-state index contributed by atoms with van der Waals surface area (Å²) in [5, 5.41) is 50.4. The Kier molecular flexibility index (Phi) is 14.4. The Balaban J connectivity index is 1.69. The molecule has 15 heteroatoms. The van der Waals surface area contributed by atoms with E-state index in [1.165, 1.54) is 44.5 Å². The number of Topliss-reactive ketones (excluding diaryl/α,β-unsaturated/α-hetero) is 1. The lowest BCUT2D eigenvalue weighted by molar-refractivity contribution is -0.239. The minimum Gasteiger partial charge on any atom is -0.459 e. The number of ketones is 1. The summed E-state index contributed by atoms with van der Waals surface area (Å²) in [6.45, 7) is 14.6. The van der Waals surface area contributed by atoms with E-state index in [1.54, 1.807) is 41.5 Å². The molecule has 3 heterocycles. The number of amides is 1. The van der Waals surface area contributed by atoms with Crippen molar-refractivity contribution in [3.05, 3.63) is 36.4 Å². The fourth-order valence-electron chi connectivity index (χ4n) is 9.71. The van der Waals surface area contributed by atoms with E-state index in [-0.39, 0.29) is 19.3 Å².